The molecule has 1 aliphatic rings. The molecule has 1 atom stereocenters. The van der Waals surface area contributed by atoms with Gasteiger partial charge in [-0.3, -0.25) is 4.40 Å². The van der Waals surface area contributed by atoms with E-state index in [1.165, 1.54) is 4.31 Å². The van der Waals surface area contributed by atoms with Gasteiger partial charge in [-0.15, -0.1) is 11.3 Å². The summed E-state index contributed by atoms with van der Waals surface area (Å²) in [5, 5.41) is 2.02. The number of thiazole rings is 1. The van der Waals surface area contributed by atoms with Crippen LogP contribution >= 0.6 is 11.3 Å². The van der Waals surface area contributed by atoms with Crippen molar-refractivity contribution in [1.29, 1.82) is 0 Å². The molecule has 0 aromatic carbocycles. The average molecular weight is 328 g/mol. The molecule has 2 aromatic rings. The quantitative estimate of drug-likeness (QED) is 0.866. The van der Waals surface area contributed by atoms with Crippen molar-refractivity contribution < 1.29 is 8.42 Å². The van der Waals surface area contributed by atoms with Crippen LogP contribution in [0.15, 0.2) is 11.6 Å². The first-order valence-electron chi connectivity index (χ1n) is 7.04. The molecule has 2 aromatic heterocycles. The molecule has 0 radical (unpaired) electrons. The molecule has 3 heterocycles. The third-order valence-corrected chi connectivity index (χ3v) is 6.83. The molecule has 1 fully saturated rings. The number of fused-ring (bicyclic) bond motifs is 1. The largest absolute Gasteiger partial charge is 0.294 e. The first-order chi connectivity index (χ1) is 9.93. The van der Waals surface area contributed by atoms with Gasteiger partial charge in [0.15, 0.2) is 0 Å². The fourth-order valence-corrected chi connectivity index (χ4v) is 5.10. The molecule has 0 N–H and O–H groups in total. The molecule has 0 aliphatic carbocycles. The van der Waals surface area contributed by atoms with Crippen molar-refractivity contribution in [3.05, 3.63) is 23.1 Å². The minimum Gasteiger partial charge on any atom is -0.294 e. The molecule has 1 saturated heterocycles. The van der Waals surface area contributed by atoms with Crippen molar-refractivity contribution in [3.63, 3.8) is 0 Å². The van der Waals surface area contributed by atoms with E-state index in [9.17, 15) is 8.42 Å². The van der Waals surface area contributed by atoms with Gasteiger partial charge in [0, 0.05) is 32.2 Å². The molecule has 1 aliphatic heterocycles. The van der Waals surface area contributed by atoms with Crippen molar-refractivity contribution in [3.8, 4) is 0 Å². The van der Waals surface area contributed by atoms with Crippen LogP contribution in [0.2, 0.25) is 0 Å². The van der Waals surface area contributed by atoms with Crippen molar-refractivity contribution in [2.75, 3.05) is 20.6 Å². The van der Waals surface area contributed by atoms with Crippen LogP contribution in [0.1, 0.15) is 36.8 Å². The molecule has 0 amide bonds. The summed E-state index contributed by atoms with van der Waals surface area (Å²) in [5.41, 5.74) is 0.896. The minimum atomic E-state index is -3.42. The number of hydrogen-bond donors (Lipinski definition) is 0. The molecule has 0 bridgehead atoms. The predicted octanol–water partition coefficient (Wildman–Crippen LogP) is 2.04. The number of nitrogens with zero attached hydrogens (tertiary/aromatic N) is 4. The Kier molecular flexibility index (Phi) is 3.81. The lowest BCUT2D eigenvalue weighted by atomic mass is 10.0. The van der Waals surface area contributed by atoms with Crippen LogP contribution in [0, 0.1) is 6.92 Å². The third-order valence-electron chi connectivity index (χ3n) is 3.99. The highest BCUT2D eigenvalue weighted by Gasteiger charge is 2.37. The molecule has 21 heavy (non-hydrogen) atoms. The molecule has 0 unspecified atom stereocenters. The van der Waals surface area contributed by atoms with E-state index in [4.69, 9.17) is 0 Å². The summed E-state index contributed by atoms with van der Waals surface area (Å²) < 4.78 is 30.1. The molecule has 6 nitrogen and oxygen atoms in total. The third kappa shape index (κ3) is 2.40. The molecule has 116 valence electrons. The topological polar surface area (TPSA) is 57.9 Å². The van der Waals surface area contributed by atoms with Crippen LogP contribution in [0.3, 0.4) is 0 Å². The summed E-state index contributed by atoms with van der Waals surface area (Å²) >= 11 is 1.61. The first-order valence-corrected chi connectivity index (χ1v) is 9.32. The van der Waals surface area contributed by atoms with E-state index in [0.717, 1.165) is 35.6 Å². The van der Waals surface area contributed by atoms with Crippen LogP contribution in [0.5, 0.6) is 0 Å². The lowest BCUT2D eigenvalue weighted by Gasteiger charge is -2.35. The van der Waals surface area contributed by atoms with Crippen molar-refractivity contribution in [1.82, 2.24) is 18.0 Å². The Morgan fingerprint density at radius 2 is 2.14 bits per heavy atom. The Morgan fingerprint density at radius 3 is 2.86 bits per heavy atom. The second-order valence-electron chi connectivity index (χ2n) is 5.53. The van der Waals surface area contributed by atoms with Crippen LogP contribution in [0.25, 0.3) is 4.83 Å². The van der Waals surface area contributed by atoms with Gasteiger partial charge >= 0.3 is 0 Å². The summed E-state index contributed by atoms with van der Waals surface area (Å²) in [7, 11) is -0.251. The minimum absolute atomic E-state index is 0.159. The molecular formula is C13H20N4O2S2. The van der Waals surface area contributed by atoms with Crippen LogP contribution in [-0.2, 0) is 10.2 Å². The fraction of sp³-hybridized carbons (Fsp3) is 0.615. The summed E-state index contributed by atoms with van der Waals surface area (Å²) in [6.45, 7) is 2.52. The average Bonchev–Trinajstić information content (AvgIpc) is 3.03. The zero-order valence-electron chi connectivity index (χ0n) is 12.5. The van der Waals surface area contributed by atoms with Gasteiger partial charge in [-0.25, -0.2) is 4.98 Å². The van der Waals surface area contributed by atoms with Gasteiger partial charge < -0.3 is 0 Å². The van der Waals surface area contributed by atoms with Crippen LogP contribution in [-0.4, -0.2) is 47.1 Å². The standard InChI is InChI=1S/C13H20N4O2S2/c1-10-14-12(13-16(10)8-9-20-13)11-6-4-5-7-17(11)21(18,19)15(2)3/h8-9,11H,4-7H2,1-3H3/t11-/m1/s1. The van der Waals surface area contributed by atoms with Crippen LogP contribution in [0.4, 0.5) is 0 Å². The Labute approximate surface area is 129 Å². The maximum Gasteiger partial charge on any atom is 0.282 e. The van der Waals surface area contributed by atoms with Gasteiger partial charge in [-0.1, -0.05) is 6.42 Å². The maximum absolute atomic E-state index is 12.6. The van der Waals surface area contributed by atoms with Gasteiger partial charge in [-0.2, -0.15) is 17.0 Å². The number of aryl methyl sites for hydroxylation is 1. The van der Waals surface area contributed by atoms with E-state index in [0.29, 0.717) is 6.54 Å². The van der Waals surface area contributed by atoms with Gasteiger partial charge in [0.1, 0.15) is 10.7 Å². The SMILES string of the molecule is Cc1nc([C@H]2CCCCN2S(=O)(=O)N(C)C)c2sccn12. The van der Waals surface area contributed by atoms with Gasteiger partial charge in [0.05, 0.1) is 11.7 Å². The Morgan fingerprint density at radius 1 is 1.38 bits per heavy atom. The van der Waals surface area contributed by atoms with Gasteiger partial charge in [-0.05, 0) is 19.8 Å². The molecule has 3 rings (SSSR count). The number of piperidine rings is 1. The number of rotatable bonds is 3. The number of imidazole rings is 1. The summed E-state index contributed by atoms with van der Waals surface area (Å²) in [4.78, 5) is 5.70. The van der Waals surface area contributed by atoms with Crippen molar-refractivity contribution in [2.24, 2.45) is 0 Å². The van der Waals surface area contributed by atoms with Crippen molar-refractivity contribution >= 4 is 26.4 Å². The number of aromatic nitrogens is 2. The summed E-state index contributed by atoms with van der Waals surface area (Å²) in [6, 6.07) is -0.159. The Bertz CT molecular complexity index is 747. The Balaban J connectivity index is 2.08. The Hall–Kier alpha value is -0.960. The molecule has 8 heteroatoms. The normalized spacial score (nSPS) is 21.4. The van der Waals surface area contributed by atoms with E-state index in [1.807, 2.05) is 22.9 Å². The lowest BCUT2D eigenvalue weighted by Crippen LogP contribution is -2.44. The van der Waals surface area contributed by atoms with Crippen LogP contribution < -0.4 is 0 Å². The molecule has 0 saturated carbocycles. The van der Waals surface area contributed by atoms with E-state index in [1.54, 1.807) is 29.7 Å². The second-order valence-corrected chi connectivity index (χ2v) is 8.52. The second kappa shape index (κ2) is 5.35. The summed E-state index contributed by atoms with van der Waals surface area (Å²) in [6.07, 6.45) is 4.76. The van der Waals surface area contributed by atoms with Crippen molar-refractivity contribution in [2.45, 2.75) is 32.2 Å². The van der Waals surface area contributed by atoms with E-state index < -0.39 is 10.2 Å². The van der Waals surface area contributed by atoms with Gasteiger partial charge in [0.2, 0.25) is 0 Å². The van der Waals surface area contributed by atoms with E-state index in [2.05, 4.69) is 4.98 Å². The predicted molar refractivity (Wildman–Crippen MR) is 83.7 cm³/mol. The zero-order chi connectivity index (χ0) is 15.2. The zero-order valence-corrected chi connectivity index (χ0v) is 14.1. The van der Waals surface area contributed by atoms with E-state index >= 15 is 0 Å². The maximum atomic E-state index is 12.6. The molecular weight excluding hydrogens is 308 g/mol. The highest BCUT2D eigenvalue weighted by molar-refractivity contribution is 7.86. The van der Waals surface area contributed by atoms with Gasteiger partial charge in [0.25, 0.3) is 10.2 Å². The highest BCUT2D eigenvalue weighted by Crippen LogP contribution is 2.36. The smallest absolute Gasteiger partial charge is 0.282 e. The monoisotopic (exact) mass is 328 g/mol. The molecule has 0 spiro atoms. The van der Waals surface area contributed by atoms with E-state index in [-0.39, 0.29) is 6.04 Å². The fourth-order valence-electron chi connectivity index (χ4n) is 2.88. The number of hydrogen-bond acceptors (Lipinski definition) is 4. The lowest BCUT2D eigenvalue weighted by molar-refractivity contribution is 0.240. The first kappa shape index (κ1) is 15.0. The summed E-state index contributed by atoms with van der Waals surface area (Å²) in [5.74, 6) is 0.911. The highest BCUT2D eigenvalue weighted by atomic mass is 32.2.